The Morgan fingerprint density at radius 1 is 1.40 bits per heavy atom. The van der Waals surface area contributed by atoms with Crippen LogP contribution in [0.1, 0.15) is 30.3 Å². The summed E-state index contributed by atoms with van der Waals surface area (Å²) in [4.78, 5) is 0. The molecular formula is C15H19ClFN3. The van der Waals surface area contributed by atoms with E-state index in [4.69, 9.17) is 17.3 Å². The second kappa shape index (κ2) is 5.94. The average molecular weight is 296 g/mol. The van der Waals surface area contributed by atoms with E-state index in [9.17, 15) is 4.39 Å². The lowest BCUT2D eigenvalue weighted by molar-refractivity contribution is 0.593. The third kappa shape index (κ3) is 2.72. The molecule has 0 bridgehead atoms. The molecule has 1 aromatic heterocycles. The van der Waals surface area contributed by atoms with Crippen LogP contribution in [-0.4, -0.2) is 15.8 Å². The topological polar surface area (TPSA) is 43.8 Å². The molecule has 20 heavy (non-hydrogen) atoms. The first-order valence-electron chi connectivity index (χ1n) is 6.70. The summed E-state index contributed by atoms with van der Waals surface area (Å²) in [5.74, 6) is -0.312. The first-order chi connectivity index (χ1) is 9.45. The number of nitrogens with zero attached hydrogens (tertiary/aromatic N) is 2. The lowest BCUT2D eigenvalue weighted by Crippen LogP contribution is -2.22. The molecule has 0 amide bonds. The maximum Gasteiger partial charge on any atom is 0.149 e. The Bertz CT molecular complexity index is 622. The molecule has 2 aromatic rings. The smallest absolute Gasteiger partial charge is 0.149 e. The Hall–Kier alpha value is -1.39. The Balaban J connectivity index is 2.57. The molecule has 0 radical (unpaired) electrons. The molecule has 0 aliphatic carbocycles. The summed E-state index contributed by atoms with van der Waals surface area (Å²) in [6.45, 7) is 5.66. The highest BCUT2D eigenvalue weighted by Crippen LogP contribution is 2.26. The van der Waals surface area contributed by atoms with Gasteiger partial charge < -0.3 is 5.73 Å². The third-order valence-corrected chi connectivity index (χ3v) is 4.04. The van der Waals surface area contributed by atoms with Crippen molar-refractivity contribution >= 4 is 11.6 Å². The molecule has 0 spiro atoms. The van der Waals surface area contributed by atoms with Crippen molar-refractivity contribution in [2.45, 2.75) is 39.7 Å². The van der Waals surface area contributed by atoms with Gasteiger partial charge in [-0.15, -0.1) is 0 Å². The first kappa shape index (κ1) is 15.0. The average Bonchev–Trinajstić information content (AvgIpc) is 2.66. The zero-order chi connectivity index (χ0) is 14.9. The molecule has 1 heterocycles. The van der Waals surface area contributed by atoms with Gasteiger partial charge in [-0.25, -0.2) is 9.07 Å². The van der Waals surface area contributed by atoms with Crippen molar-refractivity contribution in [1.29, 1.82) is 0 Å². The van der Waals surface area contributed by atoms with E-state index in [0.717, 1.165) is 17.7 Å². The minimum atomic E-state index is -0.312. The predicted octanol–water partition coefficient (Wildman–Crippen LogP) is 3.56. The molecule has 0 saturated carbocycles. The Kier molecular flexibility index (Phi) is 4.45. The fourth-order valence-electron chi connectivity index (χ4n) is 2.23. The normalized spacial score (nSPS) is 12.7. The molecule has 1 atom stereocenters. The number of para-hydroxylation sites is 1. The number of halogens is 2. The minimum absolute atomic E-state index is 0.00277. The molecule has 1 unspecified atom stereocenters. The maximum atomic E-state index is 14.3. The highest BCUT2D eigenvalue weighted by molar-refractivity contribution is 6.31. The van der Waals surface area contributed by atoms with Gasteiger partial charge in [0.15, 0.2) is 0 Å². The largest absolute Gasteiger partial charge is 0.327 e. The van der Waals surface area contributed by atoms with Crippen LogP contribution in [0.5, 0.6) is 0 Å². The lowest BCUT2D eigenvalue weighted by Gasteiger charge is -2.15. The Morgan fingerprint density at radius 3 is 2.65 bits per heavy atom. The summed E-state index contributed by atoms with van der Waals surface area (Å²) in [5, 5.41) is 4.91. The van der Waals surface area contributed by atoms with Gasteiger partial charge in [0.05, 0.1) is 16.4 Å². The number of aromatic nitrogens is 2. The molecule has 0 saturated heterocycles. The molecule has 0 aliphatic heterocycles. The number of hydrogen-bond donors (Lipinski definition) is 1. The molecule has 2 N–H and O–H groups in total. The van der Waals surface area contributed by atoms with Gasteiger partial charge in [0, 0.05) is 6.04 Å². The Morgan fingerprint density at radius 2 is 2.10 bits per heavy atom. The van der Waals surface area contributed by atoms with Gasteiger partial charge in [-0.3, -0.25) is 0 Å². The fraction of sp³-hybridized carbons (Fsp3) is 0.400. The van der Waals surface area contributed by atoms with Crippen LogP contribution in [0.3, 0.4) is 0 Å². The second-order valence-corrected chi connectivity index (χ2v) is 5.39. The van der Waals surface area contributed by atoms with Crippen LogP contribution in [0.15, 0.2) is 18.2 Å². The van der Waals surface area contributed by atoms with E-state index >= 15 is 0 Å². The molecule has 108 valence electrons. The number of benzene rings is 1. The van der Waals surface area contributed by atoms with Crippen molar-refractivity contribution in [2.75, 3.05) is 0 Å². The van der Waals surface area contributed by atoms with Crippen molar-refractivity contribution in [3.8, 4) is 5.69 Å². The van der Waals surface area contributed by atoms with Gasteiger partial charge >= 0.3 is 0 Å². The second-order valence-electron chi connectivity index (χ2n) is 5.02. The first-order valence-corrected chi connectivity index (χ1v) is 7.08. The predicted molar refractivity (Wildman–Crippen MR) is 80.0 cm³/mol. The van der Waals surface area contributed by atoms with Crippen molar-refractivity contribution in [3.63, 3.8) is 0 Å². The van der Waals surface area contributed by atoms with Gasteiger partial charge in [0.1, 0.15) is 11.5 Å². The highest BCUT2D eigenvalue weighted by atomic mass is 35.5. The summed E-state index contributed by atoms with van der Waals surface area (Å²) < 4.78 is 15.8. The van der Waals surface area contributed by atoms with E-state index in [0.29, 0.717) is 22.8 Å². The van der Waals surface area contributed by atoms with Crippen LogP contribution in [0, 0.1) is 19.7 Å². The molecule has 3 nitrogen and oxygen atoms in total. The van der Waals surface area contributed by atoms with Gasteiger partial charge in [-0.2, -0.15) is 5.10 Å². The van der Waals surface area contributed by atoms with Crippen LogP contribution in [-0.2, 0) is 6.42 Å². The zero-order valence-electron chi connectivity index (χ0n) is 12.0. The molecular weight excluding hydrogens is 277 g/mol. The van der Waals surface area contributed by atoms with E-state index in [1.807, 2.05) is 26.8 Å². The van der Waals surface area contributed by atoms with Crippen molar-refractivity contribution in [2.24, 2.45) is 5.73 Å². The van der Waals surface area contributed by atoms with E-state index in [1.54, 1.807) is 10.7 Å². The quantitative estimate of drug-likeness (QED) is 0.937. The van der Waals surface area contributed by atoms with Crippen molar-refractivity contribution < 1.29 is 4.39 Å². The van der Waals surface area contributed by atoms with Gasteiger partial charge in [0.2, 0.25) is 0 Å². The van der Waals surface area contributed by atoms with Crippen LogP contribution >= 0.6 is 11.6 Å². The van der Waals surface area contributed by atoms with E-state index in [-0.39, 0.29) is 11.9 Å². The minimum Gasteiger partial charge on any atom is -0.327 e. The van der Waals surface area contributed by atoms with E-state index in [2.05, 4.69) is 5.10 Å². The van der Waals surface area contributed by atoms with Crippen LogP contribution in [0.25, 0.3) is 5.69 Å². The number of rotatable bonds is 4. The van der Waals surface area contributed by atoms with Crippen LogP contribution in [0.2, 0.25) is 5.02 Å². The number of aryl methyl sites for hydroxylation is 1. The molecule has 1 aromatic carbocycles. The van der Waals surface area contributed by atoms with E-state index < -0.39 is 0 Å². The summed E-state index contributed by atoms with van der Waals surface area (Å²) >= 11 is 6.16. The monoisotopic (exact) mass is 295 g/mol. The number of hydrogen-bond acceptors (Lipinski definition) is 2. The third-order valence-electron chi connectivity index (χ3n) is 3.49. The summed E-state index contributed by atoms with van der Waals surface area (Å²) in [6, 6.07) is 5.02. The molecule has 2 rings (SSSR count). The lowest BCUT2D eigenvalue weighted by atomic mass is 10.0. The van der Waals surface area contributed by atoms with Crippen molar-refractivity contribution in [3.05, 3.63) is 46.0 Å². The van der Waals surface area contributed by atoms with Crippen molar-refractivity contribution in [1.82, 2.24) is 9.78 Å². The fourth-order valence-corrected chi connectivity index (χ4v) is 2.35. The zero-order valence-corrected chi connectivity index (χ0v) is 12.7. The van der Waals surface area contributed by atoms with Gasteiger partial charge in [0.25, 0.3) is 0 Å². The highest BCUT2D eigenvalue weighted by Gasteiger charge is 2.18. The van der Waals surface area contributed by atoms with E-state index in [1.165, 1.54) is 6.07 Å². The van der Waals surface area contributed by atoms with Gasteiger partial charge in [-0.05, 0) is 38.3 Å². The molecule has 5 heteroatoms. The summed E-state index contributed by atoms with van der Waals surface area (Å²) in [7, 11) is 0. The molecule has 0 fully saturated rings. The summed E-state index contributed by atoms with van der Waals surface area (Å²) in [5.41, 5.74) is 8.72. The SMILES string of the molecule is CCC(N)Cc1cccc(F)c1-n1nc(C)c(Cl)c1C. The maximum absolute atomic E-state index is 14.3. The summed E-state index contributed by atoms with van der Waals surface area (Å²) in [6.07, 6.45) is 1.45. The Labute approximate surface area is 123 Å². The number of nitrogens with two attached hydrogens (primary N) is 1. The molecule has 0 aliphatic rings. The van der Waals surface area contributed by atoms with Gasteiger partial charge in [-0.1, -0.05) is 30.7 Å². The van der Waals surface area contributed by atoms with Crippen LogP contribution < -0.4 is 5.73 Å². The standard InChI is InChI=1S/C15H19ClFN3/c1-4-12(18)8-11-6-5-7-13(17)15(11)20-10(3)14(16)9(2)19-20/h5-7,12H,4,8,18H2,1-3H3. The van der Waals surface area contributed by atoms with Crippen LogP contribution in [0.4, 0.5) is 4.39 Å².